The predicted molar refractivity (Wildman–Crippen MR) is 147 cm³/mol. The van der Waals surface area contributed by atoms with Crippen molar-refractivity contribution in [1.82, 2.24) is 0 Å². The van der Waals surface area contributed by atoms with E-state index in [-0.39, 0.29) is 13.2 Å². The minimum Gasteiger partial charge on any atom is -0.374 e. The Labute approximate surface area is 230 Å². The molecule has 0 unspecified atom stereocenters. The molecule has 1 aliphatic rings. The highest BCUT2D eigenvalue weighted by atomic mass is 31.2. The van der Waals surface area contributed by atoms with Crippen LogP contribution in [0.2, 0.25) is 0 Å². The third kappa shape index (κ3) is 7.84. The fourth-order valence-corrected chi connectivity index (χ4v) is 6.40. The van der Waals surface area contributed by atoms with Crippen LogP contribution in [-0.4, -0.2) is 58.2 Å². The largest absolute Gasteiger partial charge is 0.374 e. The Morgan fingerprint density at radius 2 is 1.13 bits per heavy atom. The standard InChI is InChI=1S/C30H37O8P/c1-32-30-29(39(31,33-2)34-3)28(37-21-25-17-11-6-12-18-25)27(36-20-24-15-9-5-10-16-24)26(38-30)22-35-19-23-13-7-4-8-14-23/h4-18,26-30H,19-22H2,1-3H3/t26-,27+,28+,29-,30-/m1/s1. The SMILES string of the molecule is CO[C@@H]1O[C@H](COCc2ccccc2)[C@H](OCc2ccccc2)[C@H](OCc2ccccc2)[C@H]1P(=O)(OC)OC. The molecule has 1 saturated heterocycles. The van der Waals surface area contributed by atoms with Gasteiger partial charge in [0.2, 0.25) is 0 Å². The Hall–Kier alpha value is -2.39. The van der Waals surface area contributed by atoms with E-state index in [9.17, 15) is 4.57 Å². The van der Waals surface area contributed by atoms with Crippen LogP contribution in [0.3, 0.4) is 0 Å². The number of benzene rings is 3. The van der Waals surface area contributed by atoms with Crippen molar-refractivity contribution in [2.75, 3.05) is 27.9 Å². The van der Waals surface area contributed by atoms with E-state index >= 15 is 0 Å². The molecular weight excluding hydrogens is 519 g/mol. The summed E-state index contributed by atoms with van der Waals surface area (Å²) in [4.78, 5) is 0. The summed E-state index contributed by atoms with van der Waals surface area (Å²) in [6.07, 6.45) is -2.96. The van der Waals surface area contributed by atoms with Gasteiger partial charge in [0.05, 0.1) is 26.4 Å². The number of rotatable bonds is 14. The molecular formula is C30H37O8P. The van der Waals surface area contributed by atoms with Crippen LogP contribution in [0.5, 0.6) is 0 Å². The molecule has 5 atom stereocenters. The molecule has 1 heterocycles. The summed E-state index contributed by atoms with van der Waals surface area (Å²) >= 11 is 0. The van der Waals surface area contributed by atoms with E-state index in [1.807, 2.05) is 91.0 Å². The molecule has 3 aromatic carbocycles. The van der Waals surface area contributed by atoms with Crippen LogP contribution >= 0.6 is 7.60 Å². The van der Waals surface area contributed by atoms with Gasteiger partial charge in [0.25, 0.3) is 0 Å². The van der Waals surface area contributed by atoms with Gasteiger partial charge in [0.15, 0.2) is 6.29 Å². The molecule has 0 radical (unpaired) electrons. The van der Waals surface area contributed by atoms with Crippen molar-refractivity contribution in [2.45, 2.75) is 50.1 Å². The van der Waals surface area contributed by atoms with Crippen molar-refractivity contribution in [1.29, 1.82) is 0 Å². The number of ether oxygens (including phenoxy) is 5. The highest BCUT2D eigenvalue weighted by molar-refractivity contribution is 7.54. The van der Waals surface area contributed by atoms with Crippen molar-refractivity contribution in [2.24, 2.45) is 0 Å². The normalized spacial score (nSPS) is 23.5. The maximum atomic E-state index is 13.9. The molecule has 9 heteroatoms. The summed E-state index contributed by atoms with van der Waals surface area (Å²) in [5, 5.41) is 0. The molecule has 1 fully saturated rings. The third-order valence-electron chi connectivity index (χ3n) is 6.69. The Bertz CT molecular complexity index is 1140. The van der Waals surface area contributed by atoms with Crippen molar-refractivity contribution in [3.05, 3.63) is 108 Å². The van der Waals surface area contributed by atoms with Gasteiger partial charge in [0.1, 0.15) is 24.0 Å². The number of methoxy groups -OCH3 is 1. The van der Waals surface area contributed by atoms with Crippen molar-refractivity contribution >= 4 is 7.60 Å². The van der Waals surface area contributed by atoms with E-state index < -0.39 is 37.9 Å². The Kier molecular flexibility index (Phi) is 11.3. The summed E-state index contributed by atoms with van der Waals surface area (Å²) in [6, 6.07) is 29.5. The second-order valence-electron chi connectivity index (χ2n) is 9.20. The zero-order chi connectivity index (χ0) is 27.5. The molecule has 4 rings (SSSR count). The first-order valence-electron chi connectivity index (χ1n) is 12.9. The lowest BCUT2D eigenvalue weighted by Crippen LogP contribution is -2.60. The quantitative estimate of drug-likeness (QED) is 0.238. The number of hydrogen-bond acceptors (Lipinski definition) is 8. The van der Waals surface area contributed by atoms with E-state index in [4.69, 9.17) is 32.7 Å². The number of hydrogen-bond donors (Lipinski definition) is 0. The average Bonchev–Trinajstić information content (AvgIpc) is 3.00. The Morgan fingerprint density at radius 1 is 0.667 bits per heavy atom. The van der Waals surface area contributed by atoms with E-state index in [0.29, 0.717) is 13.2 Å². The van der Waals surface area contributed by atoms with Gasteiger partial charge in [-0.1, -0.05) is 91.0 Å². The highest BCUT2D eigenvalue weighted by Crippen LogP contribution is 2.57. The molecule has 0 spiro atoms. The van der Waals surface area contributed by atoms with E-state index in [0.717, 1.165) is 16.7 Å². The van der Waals surface area contributed by atoms with Gasteiger partial charge in [-0.2, -0.15) is 0 Å². The van der Waals surface area contributed by atoms with Crippen molar-refractivity contribution in [3.8, 4) is 0 Å². The molecule has 0 aliphatic carbocycles. The molecule has 210 valence electrons. The minimum absolute atomic E-state index is 0.205. The second-order valence-corrected chi connectivity index (χ2v) is 11.6. The third-order valence-corrected chi connectivity index (χ3v) is 8.97. The van der Waals surface area contributed by atoms with Gasteiger partial charge in [-0.25, -0.2) is 0 Å². The lowest BCUT2D eigenvalue weighted by atomic mass is 10.00. The first-order valence-corrected chi connectivity index (χ1v) is 14.5. The Balaban J connectivity index is 1.63. The topological polar surface area (TPSA) is 81.7 Å². The summed E-state index contributed by atoms with van der Waals surface area (Å²) in [7, 11) is 0.454. The summed E-state index contributed by atoms with van der Waals surface area (Å²) in [5.74, 6) is 0. The average molecular weight is 557 g/mol. The molecule has 0 bridgehead atoms. The predicted octanol–water partition coefficient (Wildman–Crippen LogP) is 5.60. The minimum atomic E-state index is -3.74. The van der Waals surface area contributed by atoms with Gasteiger partial charge in [-0.15, -0.1) is 0 Å². The van der Waals surface area contributed by atoms with Gasteiger partial charge in [0, 0.05) is 21.3 Å². The van der Waals surface area contributed by atoms with Gasteiger partial charge < -0.3 is 32.7 Å². The molecule has 0 amide bonds. The van der Waals surface area contributed by atoms with Crippen LogP contribution in [0.1, 0.15) is 16.7 Å². The first kappa shape index (κ1) is 29.6. The fraction of sp³-hybridized carbons (Fsp3) is 0.400. The molecule has 0 aromatic heterocycles. The highest BCUT2D eigenvalue weighted by Gasteiger charge is 2.56. The molecule has 1 aliphatic heterocycles. The van der Waals surface area contributed by atoms with E-state index in [2.05, 4.69) is 0 Å². The molecule has 8 nitrogen and oxygen atoms in total. The van der Waals surface area contributed by atoms with Gasteiger partial charge >= 0.3 is 7.60 Å². The summed E-state index contributed by atoms with van der Waals surface area (Å²) < 4.78 is 55.8. The lowest BCUT2D eigenvalue weighted by Gasteiger charge is -2.46. The molecule has 0 saturated carbocycles. The van der Waals surface area contributed by atoms with Crippen molar-refractivity contribution < 1.29 is 37.3 Å². The fourth-order valence-electron chi connectivity index (χ4n) is 4.66. The second kappa shape index (κ2) is 14.8. The zero-order valence-corrected chi connectivity index (χ0v) is 23.5. The van der Waals surface area contributed by atoms with Crippen LogP contribution in [0.25, 0.3) is 0 Å². The van der Waals surface area contributed by atoms with E-state index in [1.165, 1.54) is 21.3 Å². The van der Waals surface area contributed by atoms with Crippen LogP contribution < -0.4 is 0 Å². The molecule has 0 N–H and O–H groups in total. The maximum Gasteiger partial charge on any atom is 0.341 e. The van der Waals surface area contributed by atoms with Crippen LogP contribution in [-0.2, 0) is 57.1 Å². The summed E-state index contributed by atoms with van der Waals surface area (Å²) in [5.41, 5.74) is 2.07. The molecule has 39 heavy (non-hydrogen) atoms. The van der Waals surface area contributed by atoms with Crippen molar-refractivity contribution in [3.63, 3.8) is 0 Å². The van der Waals surface area contributed by atoms with Crippen LogP contribution in [0, 0.1) is 0 Å². The maximum absolute atomic E-state index is 13.9. The van der Waals surface area contributed by atoms with E-state index in [1.54, 1.807) is 0 Å². The molecule has 3 aromatic rings. The zero-order valence-electron chi connectivity index (χ0n) is 22.6. The lowest BCUT2D eigenvalue weighted by molar-refractivity contribution is -0.271. The van der Waals surface area contributed by atoms with Crippen LogP contribution in [0.4, 0.5) is 0 Å². The Morgan fingerprint density at radius 3 is 1.59 bits per heavy atom. The van der Waals surface area contributed by atoms with Crippen LogP contribution in [0.15, 0.2) is 91.0 Å². The van der Waals surface area contributed by atoms with Gasteiger partial charge in [-0.3, -0.25) is 4.57 Å². The van der Waals surface area contributed by atoms with Gasteiger partial charge in [-0.05, 0) is 16.7 Å². The first-order chi connectivity index (χ1) is 19.1. The monoisotopic (exact) mass is 556 g/mol. The summed E-state index contributed by atoms with van der Waals surface area (Å²) in [6.45, 7) is 1.16. The smallest absolute Gasteiger partial charge is 0.341 e.